The van der Waals surface area contributed by atoms with Crippen LogP contribution in [-0.4, -0.2) is 48.8 Å². The van der Waals surface area contributed by atoms with Crippen molar-refractivity contribution in [3.05, 3.63) is 0 Å². The molecule has 0 aromatic heterocycles. The van der Waals surface area contributed by atoms with Gasteiger partial charge in [-0.15, -0.1) is 0 Å². The van der Waals surface area contributed by atoms with Crippen LogP contribution in [0.25, 0.3) is 0 Å². The van der Waals surface area contributed by atoms with Crippen LogP contribution in [-0.2, 0) is 5.71 Å². The van der Waals surface area contributed by atoms with Crippen LogP contribution >= 0.6 is 0 Å². The van der Waals surface area contributed by atoms with E-state index in [0.717, 1.165) is 0 Å². The summed E-state index contributed by atoms with van der Waals surface area (Å²) in [7, 11) is 0. The van der Waals surface area contributed by atoms with Crippen LogP contribution in [0.15, 0.2) is 0 Å². The van der Waals surface area contributed by atoms with Crippen molar-refractivity contribution in [2.24, 2.45) is 0 Å². The normalized spacial score (nSPS) is 1.50. The molecule has 0 aromatic rings. The van der Waals surface area contributed by atoms with Crippen molar-refractivity contribution >= 4 is 48.8 Å². The molecule has 4 heavy (non-hydrogen) atoms. The van der Waals surface area contributed by atoms with Crippen LogP contribution in [0.1, 0.15) is 0 Å². The first-order valence-electron chi connectivity index (χ1n) is 0.577. The average molecular weight is 264 g/mol. The van der Waals surface area contributed by atoms with Gasteiger partial charge in [0, 0.05) is 0 Å². The zero-order valence-electron chi connectivity index (χ0n) is 2.23. The first kappa shape index (κ1) is 9.02. The van der Waals surface area contributed by atoms with Crippen molar-refractivity contribution in [2.45, 2.75) is 0 Å². The molecule has 0 saturated carbocycles. The summed E-state index contributed by atoms with van der Waals surface area (Å²) in [5.74, 6) is 0. The summed E-state index contributed by atoms with van der Waals surface area (Å²) in [6.07, 6.45) is 0. The second-order valence-corrected chi connectivity index (χ2v) is 0. The molecule has 0 aliphatic carbocycles. The van der Waals surface area contributed by atoms with Gasteiger partial charge in [-0.3, -0.25) is 0 Å². The molecule has 0 atom stereocenters. The first-order chi connectivity index (χ1) is 2.00. The molecule has 0 radical (unpaired) electrons. The molecule has 2 nitrogen and oxygen atoms in total. The maximum absolute atomic E-state index is 8.42. The Morgan fingerprint density at radius 2 is 0.750 bits per heavy atom. The second-order valence-electron chi connectivity index (χ2n) is 0. The van der Waals surface area contributed by atoms with Gasteiger partial charge in [-0.25, -0.2) is 0 Å². The van der Waals surface area contributed by atoms with E-state index in [-0.39, 0.29) is 48.8 Å². The maximum atomic E-state index is 8.42. The Kier molecular flexibility index (Phi) is 60.8. The number of hydrogen-bond acceptors (Lipinski definition) is 2. The molecular weight excluding hydrogens is 262 g/mol. The summed E-state index contributed by atoms with van der Waals surface area (Å²) in [6, 6.07) is 0. The van der Waals surface area contributed by atoms with E-state index in [1.165, 1.54) is 0 Å². The summed E-state index contributed by atoms with van der Waals surface area (Å²) < 4.78 is 16.8. The topological polar surface area (TPSA) is 34.1 Å². The van der Waals surface area contributed by atoms with Gasteiger partial charge < -0.3 is 0 Å². The third-order valence-electron chi connectivity index (χ3n) is 0. The van der Waals surface area contributed by atoms with Crippen molar-refractivity contribution < 1.29 is 5.71 Å². The summed E-state index contributed by atoms with van der Waals surface area (Å²) in [6.45, 7) is 0. The van der Waals surface area contributed by atoms with Crippen LogP contribution in [0.5, 0.6) is 0 Å². The van der Waals surface area contributed by atoms with E-state index in [2.05, 4.69) is 0 Å². The predicted molar refractivity (Wildman–Crippen MR) is 15.7 cm³/mol. The molecule has 0 aromatic carbocycles. The van der Waals surface area contributed by atoms with Crippen molar-refractivity contribution in [1.29, 1.82) is 0 Å². The van der Waals surface area contributed by atoms with Gasteiger partial charge in [-0.05, 0) is 0 Å². The fraction of sp³-hybridized carbons (Fsp3) is 0. The van der Waals surface area contributed by atoms with Crippen LogP contribution in [0, 0.1) is 0 Å². The molecule has 4 heteroatoms. The van der Waals surface area contributed by atoms with Crippen molar-refractivity contribution in [3.63, 3.8) is 0 Å². The molecule has 0 amide bonds. The molecule has 0 aliphatic rings. The molecule has 0 spiro atoms. The number of rotatable bonds is 0. The van der Waals surface area contributed by atoms with E-state index >= 15 is 0 Å². The van der Waals surface area contributed by atoms with Gasteiger partial charge in [0.05, 0.1) is 0 Å². The van der Waals surface area contributed by atoms with Crippen LogP contribution in [0.3, 0.4) is 0 Å². The van der Waals surface area contributed by atoms with E-state index < -0.39 is 0 Å². The summed E-state index contributed by atoms with van der Waals surface area (Å²) in [5, 5.41) is 0. The van der Waals surface area contributed by atoms with E-state index in [9.17, 15) is 0 Å². The van der Waals surface area contributed by atoms with Crippen LogP contribution in [0.4, 0.5) is 0 Å². The van der Waals surface area contributed by atoms with Gasteiger partial charge in [0.15, 0.2) is 0 Å². The monoisotopic (exact) mass is 264 g/mol. The minimum absolute atomic E-state index is 0.1000. The third kappa shape index (κ3) is 10.2. The quantitative estimate of drug-likeness (QED) is 0.531. The fourth-order valence-corrected chi connectivity index (χ4v) is 0. The van der Waals surface area contributed by atoms with E-state index in [4.69, 9.17) is 5.71 Å². The van der Waals surface area contributed by atoms with Gasteiger partial charge in [0.2, 0.25) is 0 Å². The van der Waals surface area contributed by atoms with E-state index in [1.807, 2.05) is 0 Å². The van der Waals surface area contributed by atoms with Gasteiger partial charge in [0.1, 0.15) is 0 Å². The second kappa shape index (κ2) is 27.0. The standard InChI is InChI=1S/2In.2O.2H. The molecule has 0 heterocycles. The molecule has 20 valence electrons. The van der Waals surface area contributed by atoms with Gasteiger partial charge in [-0.2, -0.15) is 0 Å². The fourth-order valence-electron chi connectivity index (χ4n) is 0. The zero-order valence-corrected chi connectivity index (χ0v) is 10.3. The summed E-state index contributed by atoms with van der Waals surface area (Å²) in [5.41, 5.74) is 0. The summed E-state index contributed by atoms with van der Waals surface area (Å²) in [4.78, 5) is 0. The Hall–Kier alpha value is 1.34. The molecule has 0 bridgehead atoms. The molecule has 0 saturated heterocycles. The molecule has 0 unspecified atom stereocenters. The first-order valence-corrected chi connectivity index (χ1v) is 3.87. The van der Waals surface area contributed by atoms with Gasteiger partial charge in [-0.1, -0.05) is 0 Å². The van der Waals surface area contributed by atoms with Gasteiger partial charge in [0.25, 0.3) is 0 Å². The van der Waals surface area contributed by atoms with Crippen molar-refractivity contribution in [1.82, 2.24) is 0 Å². The molecule has 0 aliphatic heterocycles. The minimum atomic E-state index is -0.1000. The third-order valence-corrected chi connectivity index (χ3v) is 0. The summed E-state index contributed by atoms with van der Waals surface area (Å²) >= 11 is -0.200. The van der Waals surface area contributed by atoms with Gasteiger partial charge >= 0.3 is 54.5 Å². The zero-order chi connectivity index (χ0) is 4.00. The molecule has 0 N–H and O–H groups in total. The molecule has 0 rings (SSSR count). The Labute approximate surface area is 54.0 Å². The van der Waals surface area contributed by atoms with E-state index in [0.29, 0.717) is 0 Å². The Morgan fingerprint density at radius 3 is 0.750 bits per heavy atom. The number of hydrogen-bond donors (Lipinski definition) is 0. The molecule has 0 fully saturated rings. The van der Waals surface area contributed by atoms with E-state index in [1.54, 1.807) is 0 Å². The average Bonchev–Trinajstić information content (AvgIpc) is 1.50. The van der Waals surface area contributed by atoms with Crippen molar-refractivity contribution in [3.8, 4) is 0 Å². The Morgan fingerprint density at radius 1 is 0.750 bits per heavy atom. The van der Waals surface area contributed by atoms with Crippen LogP contribution < -0.4 is 0 Å². The van der Waals surface area contributed by atoms with Crippen LogP contribution in [0.2, 0.25) is 0 Å². The predicted octanol–water partition coefficient (Wildman–Crippen LogP) is -1.53. The SMILES string of the molecule is [O]=[InH].[O]=[InH]. The molecular formula is H2In2O2. The Balaban J connectivity index is 0. The van der Waals surface area contributed by atoms with Crippen molar-refractivity contribution in [2.75, 3.05) is 0 Å². The Bertz CT molecular complexity index is 6.00.